The standard InChI is InChI=1S/C18H16/c1-13(2)9-14-7-8-17-11-15-5-3-4-6-16(15)12-18(17)10-14/h3-12H,1-2H3. The van der Waals surface area contributed by atoms with Crippen LogP contribution >= 0.6 is 0 Å². The second-order valence-corrected chi connectivity index (χ2v) is 5.03. The Balaban J connectivity index is 2.27. The zero-order valence-electron chi connectivity index (χ0n) is 10.8. The summed E-state index contributed by atoms with van der Waals surface area (Å²) in [5.74, 6) is 0. The molecule has 0 fully saturated rings. The Morgan fingerprint density at radius 2 is 1.33 bits per heavy atom. The van der Waals surface area contributed by atoms with Crippen molar-refractivity contribution >= 4 is 27.6 Å². The molecule has 3 aromatic carbocycles. The molecule has 3 aromatic rings. The number of hydrogen-bond acceptors (Lipinski definition) is 0. The third kappa shape index (κ3) is 2.02. The smallest absolute Gasteiger partial charge is 0.0172 e. The fraction of sp³-hybridized carbons (Fsp3) is 0.111. The molecule has 0 N–H and O–H groups in total. The van der Waals surface area contributed by atoms with Crippen LogP contribution in [0.5, 0.6) is 0 Å². The van der Waals surface area contributed by atoms with E-state index in [-0.39, 0.29) is 0 Å². The third-order valence-electron chi connectivity index (χ3n) is 3.18. The Kier molecular flexibility index (Phi) is 2.64. The van der Waals surface area contributed by atoms with Crippen LogP contribution in [0, 0.1) is 0 Å². The van der Waals surface area contributed by atoms with Crippen molar-refractivity contribution in [2.75, 3.05) is 0 Å². The van der Waals surface area contributed by atoms with Crippen LogP contribution in [0.1, 0.15) is 19.4 Å². The van der Waals surface area contributed by atoms with E-state index in [9.17, 15) is 0 Å². The molecular weight excluding hydrogens is 216 g/mol. The summed E-state index contributed by atoms with van der Waals surface area (Å²) < 4.78 is 0. The zero-order valence-corrected chi connectivity index (χ0v) is 10.8. The lowest BCUT2D eigenvalue weighted by Gasteiger charge is -2.04. The van der Waals surface area contributed by atoms with E-state index in [1.54, 1.807) is 0 Å². The number of allylic oxidation sites excluding steroid dienone is 1. The lowest BCUT2D eigenvalue weighted by atomic mass is 10.0. The van der Waals surface area contributed by atoms with Gasteiger partial charge in [0.15, 0.2) is 0 Å². The lowest BCUT2D eigenvalue weighted by molar-refractivity contribution is 1.42. The highest BCUT2D eigenvalue weighted by Crippen LogP contribution is 2.24. The van der Waals surface area contributed by atoms with Crippen molar-refractivity contribution in [3.63, 3.8) is 0 Å². The van der Waals surface area contributed by atoms with Gasteiger partial charge < -0.3 is 0 Å². The van der Waals surface area contributed by atoms with Gasteiger partial charge in [0.25, 0.3) is 0 Å². The summed E-state index contributed by atoms with van der Waals surface area (Å²) in [6, 6.07) is 19.7. The van der Waals surface area contributed by atoms with Crippen LogP contribution in [0.4, 0.5) is 0 Å². The molecule has 0 aromatic heterocycles. The second-order valence-electron chi connectivity index (χ2n) is 5.03. The van der Waals surface area contributed by atoms with Gasteiger partial charge in [0.1, 0.15) is 0 Å². The zero-order chi connectivity index (χ0) is 12.5. The van der Waals surface area contributed by atoms with E-state index in [1.165, 1.54) is 32.7 Å². The summed E-state index contributed by atoms with van der Waals surface area (Å²) in [7, 11) is 0. The first-order valence-electron chi connectivity index (χ1n) is 6.30. The Bertz CT molecular complexity index is 744. The van der Waals surface area contributed by atoms with Crippen molar-refractivity contribution in [2.24, 2.45) is 0 Å². The quantitative estimate of drug-likeness (QED) is 0.492. The molecule has 88 valence electrons. The highest BCUT2D eigenvalue weighted by Gasteiger charge is 1.98. The lowest BCUT2D eigenvalue weighted by Crippen LogP contribution is -1.79. The molecule has 0 heterocycles. The molecule has 0 saturated heterocycles. The van der Waals surface area contributed by atoms with E-state index in [4.69, 9.17) is 0 Å². The van der Waals surface area contributed by atoms with Crippen LogP contribution in [0.3, 0.4) is 0 Å². The van der Waals surface area contributed by atoms with Crippen molar-refractivity contribution < 1.29 is 0 Å². The van der Waals surface area contributed by atoms with Gasteiger partial charge in [-0.1, -0.05) is 48.0 Å². The molecule has 18 heavy (non-hydrogen) atoms. The van der Waals surface area contributed by atoms with Crippen LogP contribution in [-0.4, -0.2) is 0 Å². The van der Waals surface area contributed by atoms with Crippen LogP contribution in [0.25, 0.3) is 27.6 Å². The summed E-state index contributed by atoms with van der Waals surface area (Å²) in [4.78, 5) is 0. The molecule has 0 amide bonds. The normalized spacial score (nSPS) is 10.8. The minimum absolute atomic E-state index is 1.28. The van der Waals surface area contributed by atoms with Crippen molar-refractivity contribution in [1.82, 2.24) is 0 Å². The topological polar surface area (TPSA) is 0 Å². The van der Waals surface area contributed by atoms with Crippen LogP contribution in [0.15, 0.2) is 60.2 Å². The molecule has 0 aliphatic carbocycles. The van der Waals surface area contributed by atoms with Crippen molar-refractivity contribution in [2.45, 2.75) is 13.8 Å². The summed E-state index contributed by atoms with van der Waals surface area (Å²) >= 11 is 0. The fourth-order valence-electron chi connectivity index (χ4n) is 2.38. The molecule has 0 nitrogen and oxygen atoms in total. The van der Waals surface area contributed by atoms with Crippen LogP contribution in [0.2, 0.25) is 0 Å². The fourth-order valence-corrected chi connectivity index (χ4v) is 2.38. The van der Waals surface area contributed by atoms with Gasteiger partial charge in [-0.3, -0.25) is 0 Å². The molecule has 0 aliphatic rings. The molecule has 0 heteroatoms. The second kappa shape index (κ2) is 4.30. The van der Waals surface area contributed by atoms with Crippen molar-refractivity contribution in [3.8, 4) is 0 Å². The van der Waals surface area contributed by atoms with E-state index >= 15 is 0 Å². The number of rotatable bonds is 1. The number of benzene rings is 3. The Morgan fingerprint density at radius 3 is 2.00 bits per heavy atom. The van der Waals surface area contributed by atoms with Crippen molar-refractivity contribution in [1.29, 1.82) is 0 Å². The highest BCUT2D eigenvalue weighted by atomic mass is 14.0. The first-order valence-corrected chi connectivity index (χ1v) is 6.30. The van der Waals surface area contributed by atoms with E-state index < -0.39 is 0 Å². The summed E-state index contributed by atoms with van der Waals surface area (Å²) in [5.41, 5.74) is 2.60. The third-order valence-corrected chi connectivity index (χ3v) is 3.18. The van der Waals surface area contributed by atoms with E-state index in [0.717, 1.165) is 0 Å². The highest BCUT2D eigenvalue weighted by molar-refractivity contribution is 5.98. The van der Waals surface area contributed by atoms with Gasteiger partial charge in [-0.2, -0.15) is 0 Å². The minimum Gasteiger partial charge on any atom is -0.0758 e. The Hall–Kier alpha value is -2.08. The maximum atomic E-state index is 2.27. The van der Waals surface area contributed by atoms with Gasteiger partial charge >= 0.3 is 0 Å². The van der Waals surface area contributed by atoms with Gasteiger partial charge in [-0.25, -0.2) is 0 Å². The summed E-state index contributed by atoms with van der Waals surface area (Å²) in [6.07, 6.45) is 2.22. The molecule has 0 atom stereocenters. The number of hydrogen-bond donors (Lipinski definition) is 0. The predicted octanol–water partition coefficient (Wildman–Crippen LogP) is 5.42. The molecular formula is C18H16. The summed E-state index contributed by atoms with van der Waals surface area (Å²) in [5, 5.41) is 5.22. The Morgan fingerprint density at radius 1 is 0.722 bits per heavy atom. The maximum Gasteiger partial charge on any atom is -0.0172 e. The predicted molar refractivity (Wildman–Crippen MR) is 80.8 cm³/mol. The Labute approximate surface area is 108 Å². The van der Waals surface area contributed by atoms with Gasteiger partial charge in [0.2, 0.25) is 0 Å². The van der Waals surface area contributed by atoms with E-state index in [0.29, 0.717) is 0 Å². The molecule has 0 spiro atoms. The molecule has 0 aliphatic heterocycles. The first-order chi connectivity index (χ1) is 8.72. The molecule has 0 saturated carbocycles. The van der Waals surface area contributed by atoms with Gasteiger partial charge in [-0.15, -0.1) is 0 Å². The average molecular weight is 232 g/mol. The number of fused-ring (bicyclic) bond motifs is 2. The monoisotopic (exact) mass is 232 g/mol. The SMILES string of the molecule is CC(C)=Cc1ccc2cc3ccccc3cc2c1. The van der Waals surface area contributed by atoms with Crippen LogP contribution in [-0.2, 0) is 0 Å². The first kappa shape index (κ1) is 11.0. The maximum absolute atomic E-state index is 2.27. The van der Waals surface area contributed by atoms with Gasteiger partial charge in [-0.05, 0) is 59.2 Å². The van der Waals surface area contributed by atoms with E-state index in [1.807, 2.05) is 0 Å². The molecule has 0 radical (unpaired) electrons. The molecule has 0 unspecified atom stereocenters. The van der Waals surface area contributed by atoms with Crippen molar-refractivity contribution in [3.05, 3.63) is 65.7 Å². The molecule has 3 rings (SSSR count). The average Bonchev–Trinajstić information content (AvgIpc) is 2.35. The van der Waals surface area contributed by atoms with Crippen LogP contribution < -0.4 is 0 Å². The summed E-state index contributed by atoms with van der Waals surface area (Å²) in [6.45, 7) is 4.26. The van der Waals surface area contributed by atoms with Gasteiger partial charge in [0, 0.05) is 0 Å². The molecule has 0 bridgehead atoms. The van der Waals surface area contributed by atoms with E-state index in [2.05, 4.69) is 74.5 Å². The minimum atomic E-state index is 1.28. The largest absolute Gasteiger partial charge is 0.0758 e. The van der Waals surface area contributed by atoms with Gasteiger partial charge in [0.05, 0.1) is 0 Å².